The predicted molar refractivity (Wildman–Crippen MR) is 81.7 cm³/mol. The summed E-state index contributed by atoms with van der Waals surface area (Å²) in [5.41, 5.74) is 0.237. The molecule has 0 atom stereocenters. The van der Waals surface area contributed by atoms with Crippen molar-refractivity contribution in [1.29, 1.82) is 0 Å². The van der Waals surface area contributed by atoms with Crippen molar-refractivity contribution >= 4 is 21.7 Å². The molecular formula is C14H20N2O5S. The second kappa shape index (κ2) is 7.79. The number of benzene rings is 1. The fraction of sp³-hybridized carbons (Fsp3) is 0.429. The topological polar surface area (TPSA) is 102 Å². The van der Waals surface area contributed by atoms with Crippen molar-refractivity contribution < 1.29 is 22.7 Å². The minimum Gasteiger partial charge on any atom is -0.495 e. The molecule has 0 bridgehead atoms. The number of rotatable bonds is 7. The highest BCUT2D eigenvalue weighted by Crippen LogP contribution is 2.24. The van der Waals surface area contributed by atoms with Gasteiger partial charge in [-0.05, 0) is 24.6 Å². The van der Waals surface area contributed by atoms with Gasteiger partial charge in [0.15, 0.2) is 9.84 Å². The first-order valence-corrected chi connectivity index (χ1v) is 8.55. The first kappa shape index (κ1) is 18.0. The Labute approximate surface area is 130 Å². The molecule has 22 heavy (non-hydrogen) atoms. The third kappa shape index (κ3) is 5.36. The van der Waals surface area contributed by atoms with E-state index >= 15 is 0 Å². The van der Waals surface area contributed by atoms with Crippen molar-refractivity contribution in [3.05, 3.63) is 23.8 Å². The average Bonchev–Trinajstić information content (AvgIpc) is 2.44. The maximum absolute atomic E-state index is 12.0. The number of amides is 2. The molecule has 2 N–H and O–H groups in total. The van der Waals surface area contributed by atoms with E-state index < -0.39 is 9.84 Å². The van der Waals surface area contributed by atoms with Crippen molar-refractivity contribution in [1.82, 2.24) is 10.6 Å². The molecule has 0 aliphatic carbocycles. The zero-order valence-electron chi connectivity index (χ0n) is 12.8. The number of hydrogen-bond acceptors (Lipinski definition) is 5. The van der Waals surface area contributed by atoms with Gasteiger partial charge >= 0.3 is 0 Å². The molecule has 0 saturated heterocycles. The van der Waals surface area contributed by atoms with E-state index in [-0.39, 0.29) is 28.0 Å². The Hall–Kier alpha value is -2.09. The maximum Gasteiger partial charge on any atom is 0.251 e. The van der Waals surface area contributed by atoms with Crippen LogP contribution in [0.4, 0.5) is 0 Å². The third-order valence-electron chi connectivity index (χ3n) is 2.84. The van der Waals surface area contributed by atoms with E-state index in [2.05, 4.69) is 10.6 Å². The Morgan fingerprint density at radius 2 is 1.82 bits per heavy atom. The highest BCUT2D eigenvalue weighted by molar-refractivity contribution is 7.90. The summed E-state index contributed by atoms with van der Waals surface area (Å²) < 4.78 is 28.4. The van der Waals surface area contributed by atoms with Gasteiger partial charge in [0.25, 0.3) is 5.91 Å². The van der Waals surface area contributed by atoms with Gasteiger partial charge in [-0.1, -0.05) is 0 Å². The van der Waals surface area contributed by atoms with Crippen LogP contribution < -0.4 is 15.4 Å². The molecular weight excluding hydrogens is 308 g/mol. The lowest BCUT2D eigenvalue weighted by Crippen LogP contribution is -2.28. The van der Waals surface area contributed by atoms with Gasteiger partial charge in [-0.3, -0.25) is 9.59 Å². The molecule has 1 rings (SSSR count). The molecule has 0 saturated carbocycles. The van der Waals surface area contributed by atoms with E-state index in [1.807, 2.05) is 0 Å². The summed E-state index contributed by atoms with van der Waals surface area (Å²) in [6.07, 6.45) is 1.64. The number of methoxy groups -OCH3 is 1. The molecule has 1 aromatic rings. The Morgan fingerprint density at radius 1 is 1.18 bits per heavy atom. The molecule has 7 nitrogen and oxygen atoms in total. The highest BCUT2D eigenvalue weighted by Gasteiger charge is 2.17. The van der Waals surface area contributed by atoms with Crippen LogP contribution in [-0.2, 0) is 14.6 Å². The standard InChI is InChI=1S/C14H20N2O5S/c1-10(17)15-7-4-8-16-14(18)11-5-6-12(21-2)13(9-11)22(3,19)20/h5-6,9H,4,7-8H2,1-3H3,(H,15,17)(H,16,18). The van der Waals surface area contributed by atoms with Crippen molar-refractivity contribution in [2.45, 2.75) is 18.2 Å². The van der Waals surface area contributed by atoms with Crippen LogP contribution in [0.25, 0.3) is 0 Å². The van der Waals surface area contributed by atoms with Gasteiger partial charge < -0.3 is 15.4 Å². The first-order valence-electron chi connectivity index (χ1n) is 6.66. The number of nitrogens with one attached hydrogen (secondary N) is 2. The van der Waals surface area contributed by atoms with Gasteiger partial charge in [0.05, 0.1) is 7.11 Å². The van der Waals surface area contributed by atoms with Gasteiger partial charge in [0, 0.05) is 31.8 Å². The monoisotopic (exact) mass is 328 g/mol. The lowest BCUT2D eigenvalue weighted by molar-refractivity contribution is -0.118. The highest BCUT2D eigenvalue weighted by atomic mass is 32.2. The quantitative estimate of drug-likeness (QED) is 0.704. The Kier molecular flexibility index (Phi) is 6.36. The summed E-state index contributed by atoms with van der Waals surface area (Å²) in [5.74, 6) is -0.306. The second-order valence-corrected chi connectivity index (χ2v) is 6.71. The number of carbonyl (C=O) groups is 2. The molecule has 1 aromatic carbocycles. The van der Waals surface area contributed by atoms with E-state index in [0.29, 0.717) is 19.5 Å². The van der Waals surface area contributed by atoms with Crippen molar-refractivity contribution in [3.63, 3.8) is 0 Å². The Balaban J connectivity index is 2.72. The van der Waals surface area contributed by atoms with Gasteiger partial charge in [0.2, 0.25) is 5.91 Å². The normalized spacial score (nSPS) is 10.9. The number of ether oxygens (including phenoxy) is 1. The maximum atomic E-state index is 12.0. The Morgan fingerprint density at radius 3 is 2.36 bits per heavy atom. The van der Waals surface area contributed by atoms with Crippen LogP contribution in [0.3, 0.4) is 0 Å². The average molecular weight is 328 g/mol. The molecule has 0 fully saturated rings. The van der Waals surface area contributed by atoms with Crippen molar-refractivity contribution in [3.8, 4) is 5.75 Å². The van der Waals surface area contributed by atoms with Crippen LogP contribution in [0.5, 0.6) is 5.75 Å². The molecule has 0 radical (unpaired) electrons. The number of hydrogen-bond donors (Lipinski definition) is 2. The summed E-state index contributed by atoms with van der Waals surface area (Å²) in [6.45, 7) is 2.26. The molecule has 0 heterocycles. The molecule has 0 spiro atoms. The summed E-state index contributed by atoms with van der Waals surface area (Å²) >= 11 is 0. The van der Waals surface area contributed by atoms with Gasteiger partial charge in [-0.2, -0.15) is 0 Å². The summed E-state index contributed by atoms with van der Waals surface area (Å²) in [5, 5.41) is 5.28. The molecule has 0 aliphatic heterocycles. The number of carbonyl (C=O) groups excluding carboxylic acids is 2. The fourth-order valence-corrected chi connectivity index (χ4v) is 2.62. The van der Waals surface area contributed by atoms with E-state index in [1.165, 1.54) is 32.2 Å². The molecule has 0 unspecified atom stereocenters. The Bertz CT molecular complexity index is 655. The summed E-state index contributed by atoms with van der Waals surface area (Å²) in [7, 11) is -2.13. The van der Waals surface area contributed by atoms with Crippen LogP contribution in [0.1, 0.15) is 23.7 Å². The van der Waals surface area contributed by atoms with Crippen LogP contribution >= 0.6 is 0 Å². The minimum absolute atomic E-state index is 0.0269. The molecule has 0 aromatic heterocycles. The molecule has 0 aliphatic rings. The lowest BCUT2D eigenvalue weighted by Gasteiger charge is -2.10. The van der Waals surface area contributed by atoms with Crippen molar-refractivity contribution in [2.75, 3.05) is 26.5 Å². The smallest absolute Gasteiger partial charge is 0.251 e. The summed E-state index contributed by atoms with van der Waals surface area (Å²) in [6, 6.07) is 4.23. The van der Waals surface area contributed by atoms with Crippen LogP contribution in [0, 0.1) is 0 Å². The second-order valence-electron chi connectivity index (χ2n) is 4.73. The minimum atomic E-state index is -3.49. The zero-order chi connectivity index (χ0) is 16.8. The zero-order valence-corrected chi connectivity index (χ0v) is 13.6. The van der Waals surface area contributed by atoms with E-state index in [4.69, 9.17) is 4.74 Å². The van der Waals surface area contributed by atoms with Crippen LogP contribution in [-0.4, -0.2) is 46.7 Å². The number of sulfone groups is 1. The van der Waals surface area contributed by atoms with Gasteiger partial charge in [-0.15, -0.1) is 0 Å². The lowest BCUT2D eigenvalue weighted by atomic mass is 10.2. The molecule has 2 amide bonds. The van der Waals surface area contributed by atoms with Gasteiger partial charge in [-0.25, -0.2) is 8.42 Å². The van der Waals surface area contributed by atoms with Crippen LogP contribution in [0.2, 0.25) is 0 Å². The summed E-state index contributed by atoms with van der Waals surface area (Å²) in [4.78, 5) is 22.6. The van der Waals surface area contributed by atoms with E-state index in [0.717, 1.165) is 6.26 Å². The predicted octanol–water partition coefficient (Wildman–Crippen LogP) is 0.355. The molecule has 122 valence electrons. The van der Waals surface area contributed by atoms with Crippen molar-refractivity contribution in [2.24, 2.45) is 0 Å². The SMILES string of the molecule is COc1ccc(C(=O)NCCCNC(C)=O)cc1S(C)(=O)=O. The third-order valence-corrected chi connectivity index (χ3v) is 3.96. The van der Waals surface area contributed by atoms with Gasteiger partial charge in [0.1, 0.15) is 10.6 Å². The molecule has 8 heteroatoms. The van der Waals surface area contributed by atoms with E-state index in [1.54, 1.807) is 0 Å². The largest absolute Gasteiger partial charge is 0.495 e. The van der Waals surface area contributed by atoms with E-state index in [9.17, 15) is 18.0 Å². The van der Waals surface area contributed by atoms with Crippen LogP contribution in [0.15, 0.2) is 23.1 Å². The fourth-order valence-electron chi connectivity index (χ4n) is 1.76. The first-order chi connectivity index (χ1) is 10.3.